The van der Waals surface area contributed by atoms with E-state index in [1.54, 1.807) is 6.07 Å². The van der Waals surface area contributed by atoms with Crippen molar-refractivity contribution >= 4 is 5.91 Å². The van der Waals surface area contributed by atoms with E-state index in [1.807, 2.05) is 0 Å². The number of hydrogen-bond acceptors (Lipinski definition) is 3. The van der Waals surface area contributed by atoms with Crippen LogP contribution in [0.25, 0.3) is 0 Å². The van der Waals surface area contributed by atoms with Gasteiger partial charge >= 0.3 is 0 Å². The molecule has 1 saturated carbocycles. The van der Waals surface area contributed by atoms with Crippen LogP contribution in [0.15, 0.2) is 18.2 Å². The zero-order valence-electron chi connectivity index (χ0n) is 11.7. The predicted octanol–water partition coefficient (Wildman–Crippen LogP) is 2.23. The molecule has 1 fully saturated rings. The molecule has 1 aliphatic rings. The fourth-order valence-corrected chi connectivity index (χ4v) is 2.60. The molecule has 2 rings (SSSR count). The topological polar surface area (TPSA) is 64.3 Å². The smallest absolute Gasteiger partial charge is 0.251 e. The summed E-state index contributed by atoms with van der Waals surface area (Å²) in [6.07, 6.45) is 5.25. The van der Waals surface area contributed by atoms with Crippen LogP contribution in [0, 0.1) is 5.82 Å². The molecule has 0 heterocycles. The van der Waals surface area contributed by atoms with Gasteiger partial charge in [0, 0.05) is 17.6 Å². The summed E-state index contributed by atoms with van der Waals surface area (Å²) in [5, 5.41) is 2.80. The first-order valence-corrected chi connectivity index (χ1v) is 6.95. The minimum atomic E-state index is -0.541. The fraction of sp³-hybridized carbons (Fsp3) is 0.533. The molecule has 0 aromatic heterocycles. The predicted molar refractivity (Wildman–Crippen MR) is 75.3 cm³/mol. The van der Waals surface area contributed by atoms with E-state index in [4.69, 9.17) is 10.5 Å². The molecule has 0 aliphatic heterocycles. The molecule has 3 N–H and O–H groups in total. The van der Waals surface area contributed by atoms with Crippen LogP contribution in [-0.2, 0) is 0 Å². The number of ether oxygens (including phenoxy) is 1. The maximum absolute atomic E-state index is 13.6. The largest absolute Gasteiger partial charge is 0.494 e. The summed E-state index contributed by atoms with van der Waals surface area (Å²) < 4.78 is 18.4. The highest BCUT2D eigenvalue weighted by Crippen LogP contribution is 2.25. The first-order chi connectivity index (χ1) is 9.54. The van der Waals surface area contributed by atoms with Crippen molar-refractivity contribution in [3.8, 4) is 5.75 Å². The van der Waals surface area contributed by atoms with Gasteiger partial charge in [0.25, 0.3) is 5.91 Å². The van der Waals surface area contributed by atoms with Crippen LogP contribution in [0.5, 0.6) is 5.75 Å². The summed E-state index contributed by atoms with van der Waals surface area (Å²) in [6.45, 7) is 0.430. The molecule has 0 bridgehead atoms. The maximum atomic E-state index is 13.6. The molecule has 0 atom stereocenters. The molecule has 0 saturated heterocycles. The Morgan fingerprint density at radius 2 is 2.10 bits per heavy atom. The van der Waals surface area contributed by atoms with Crippen molar-refractivity contribution in [2.75, 3.05) is 13.7 Å². The van der Waals surface area contributed by atoms with Crippen LogP contribution in [0.3, 0.4) is 0 Å². The molecule has 0 radical (unpaired) electrons. The van der Waals surface area contributed by atoms with E-state index in [0.29, 0.717) is 6.54 Å². The Labute approximate surface area is 118 Å². The van der Waals surface area contributed by atoms with Crippen molar-refractivity contribution in [2.24, 2.45) is 5.73 Å². The summed E-state index contributed by atoms with van der Waals surface area (Å²) in [5.74, 6) is -0.716. The van der Waals surface area contributed by atoms with Crippen molar-refractivity contribution in [2.45, 2.75) is 37.6 Å². The molecule has 0 unspecified atom stereocenters. The van der Waals surface area contributed by atoms with E-state index in [1.165, 1.54) is 25.7 Å². The quantitative estimate of drug-likeness (QED) is 0.889. The normalized spacial score (nSPS) is 17.6. The Balaban J connectivity index is 1.96. The lowest BCUT2D eigenvalue weighted by Gasteiger charge is -2.33. The third-order valence-electron chi connectivity index (χ3n) is 3.86. The summed E-state index contributed by atoms with van der Waals surface area (Å²) in [6, 6.07) is 4.17. The zero-order chi connectivity index (χ0) is 14.6. The van der Waals surface area contributed by atoms with Gasteiger partial charge in [-0.2, -0.15) is 0 Å². The second-order valence-corrected chi connectivity index (χ2v) is 5.46. The summed E-state index contributed by atoms with van der Waals surface area (Å²) in [5.41, 5.74) is 6.21. The Bertz CT molecular complexity index is 485. The van der Waals surface area contributed by atoms with E-state index in [9.17, 15) is 9.18 Å². The van der Waals surface area contributed by atoms with Gasteiger partial charge in [-0.1, -0.05) is 19.3 Å². The summed E-state index contributed by atoms with van der Waals surface area (Å²) in [4.78, 5) is 12.0. The van der Waals surface area contributed by atoms with Crippen LogP contribution in [0.1, 0.15) is 42.5 Å². The monoisotopic (exact) mass is 280 g/mol. The third-order valence-corrected chi connectivity index (χ3v) is 3.86. The van der Waals surface area contributed by atoms with Gasteiger partial charge in [-0.3, -0.25) is 4.79 Å². The van der Waals surface area contributed by atoms with Crippen LogP contribution in [-0.4, -0.2) is 25.1 Å². The van der Waals surface area contributed by atoms with E-state index in [2.05, 4.69) is 5.32 Å². The zero-order valence-corrected chi connectivity index (χ0v) is 11.7. The van der Waals surface area contributed by atoms with Crippen molar-refractivity contribution in [3.05, 3.63) is 29.6 Å². The molecule has 1 aromatic carbocycles. The number of methoxy groups -OCH3 is 1. The van der Waals surface area contributed by atoms with Crippen molar-refractivity contribution in [1.29, 1.82) is 0 Å². The van der Waals surface area contributed by atoms with E-state index >= 15 is 0 Å². The lowest BCUT2D eigenvalue weighted by Crippen LogP contribution is -2.51. The van der Waals surface area contributed by atoms with Gasteiger partial charge in [0.1, 0.15) is 0 Å². The molecule has 1 aliphatic carbocycles. The van der Waals surface area contributed by atoms with Crippen molar-refractivity contribution in [1.82, 2.24) is 5.32 Å². The molecule has 5 heteroatoms. The van der Waals surface area contributed by atoms with Crippen molar-refractivity contribution < 1.29 is 13.9 Å². The standard InChI is InChI=1S/C15H21FN2O2/c1-20-13-6-5-11(9-12(13)16)14(19)18-10-15(17)7-3-2-4-8-15/h5-6,9H,2-4,7-8,10,17H2,1H3,(H,18,19). The molecular weight excluding hydrogens is 259 g/mol. The molecule has 20 heavy (non-hydrogen) atoms. The number of amides is 1. The maximum Gasteiger partial charge on any atom is 0.251 e. The van der Waals surface area contributed by atoms with Gasteiger partial charge in [-0.05, 0) is 31.0 Å². The number of carbonyl (C=O) groups is 1. The molecule has 1 amide bonds. The van der Waals surface area contributed by atoms with Crippen LogP contribution in [0.4, 0.5) is 4.39 Å². The Morgan fingerprint density at radius 3 is 2.70 bits per heavy atom. The number of carbonyl (C=O) groups excluding carboxylic acids is 1. The average Bonchev–Trinajstić information content (AvgIpc) is 2.45. The van der Waals surface area contributed by atoms with Crippen LogP contribution in [0.2, 0.25) is 0 Å². The number of nitrogens with one attached hydrogen (secondary N) is 1. The Kier molecular flexibility index (Phi) is 4.60. The number of rotatable bonds is 4. The van der Waals surface area contributed by atoms with E-state index < -0.39 is 5.82 Å². The van der Waals surface area contributed by atoms with Gasteiger partial charge < -0.3 is 15.8 Å². The van der Waals surface area contributed by atoms with Gasteiger partial charge in [0.05, 0.1) is 7.11 Å². The SMILES string of the molecule is COc1ccc(C(=O)NCC2(N)CCCCC2)cc1F. The second kappa shape index (κ2) is 6.22. The average molecular weight is 280 g/mol. The van der Waals surface area contributed by atoms with Crippen LogP contribution >= 0.6 is 0 Å². The number of benzene rings is 1. The Hall–Kier alpha value is -1.62. The number of halogens is 1. The third kappa shape index (κ3) is 3.48. The lowest BCUT2D eigenvalue weighted by molar-refractivity contribution is 0.0937. The molecular formula is C15H21FN2O2. The highest BCUT2D eigenvalue weighted by Gasteiger charge is 2.27. The summed E-state index contributed by atoms with van der Waals surface area (Å²) >= 11 is 0. The highest BCUT2D eigenvalue weighted by molar-refractivity contribution is 5.94. The first kappa shape index (κ1) is 14.8. The number of nitrogens with two attached hydrogens (primary N) is 1. The number of hydrogen-bond donors (Lipinski definition) is 2. The van der Waals surface area contributed by atoms with Crippen LogP contribution < -0.4 is 15.8 Å². The highest BCUT2D eigenvalue weighted by atomic mass is 19.1. The lowest BCUT2D eigenvalue weighted by atomic mass is 9.82. The fourth-order valence-electron chi connectivity index (χ4n) is 2.60. The van der Waals surface area contributed by atoms with E-state index in [0.717, 1.165) is 25.7 Å². The first-order valence-electron chi connectivity index (χ1n) is 6.95. The minimum absolute atomic E-state index is 0.129. The van der Waals surface area contributed by atoms with Gasteiger partial charge in [-0.25, -0.2) is 4.39 Å². The molecule has 4 nitrogen and oxygen atoms in total. The molecule has 110 valence electrons. The van der Waals surface area contributed by atoms with Crippen molar-refractivity contribution in [3.63, 3.8) is 0 Å². The second-order valence-electron chi connectivity index (χ2n) is 5.46. The van der Waals surface area contributed by atoms with Gasteiger partial charge in [-0.15, -0.1) is 0 Å². The Morgan fingerprint density at radius 1 is 1.40 bits per heavy atom. The summed E-state index contributed by atoms with van der Waals surface area (Å²) in [7, 11) is 1.39. The van der Waals surface area contributed by atoms with E-state index in [-0.39, 0.29) is 22.8 Å². The van der Waals surface area contributed by atoms with Gasteiger partial charge in [0.2, 0.25) is 0 Å². The molecule has 0 spiro atoms. The minimum Gasteiger partial charge on any atom is -0.494 e. The molecule has 1 aromatic rings. The van der Waals surface area contributed by atoms with Gasteiger partial charge in [0.15, 0.2) is 11.6 Å².